The normalized spacial score (nSPS) is 14.5. The zero-order chi connectivity index (χ0) is 39.1. The number of nitrogens with zero attached hydrogens (tertiary/aromatic N) is 4. The average Bonchev–Trinajstić information content (AvgIpc) is 3.92. The van der Waals surface area contributed by atoms with Gasteiger partial charge in [0, 0.05) is 49.8 Å². The highest BCUT2D eigenvalue weighted by atomic mass is 15.0. The Hall–Kier alpha value is -7.22. The first-order valence-electron chi connectivity index (χ1n) is 20.1. The molecule has 2 aliphatic carbocycles. The second kappa shape index (κ2) is 11.4. The predicted molar refractivity (Wildman–Crippen MR) is 238 cm³/mol. The van der Waals surface area contributed by atoms with Crippen LogP contribution in [0.3, 0.4) is 0 Å². The maximum atomic E-state index is 10.3. The highest BCUT2D eigenvalue weighted by Gasteiger charge is 2.39. The molecule has 0 fully saturated rings. The van der Waals surface area contributed by atoms with Crippen molar-refractivity contribution in [3.05, 3.63) is 186 Å². The van der Waals surface area contributed by atoms with Crippen LogP contribution < -0.4 is 0 Å². The van der Waals surface area contributed by atoms with Crippen molar-refractivity contribution in [3.63, 3.8) is 0 Å². The largest absolute Gasteiger partial charge is 0.309 e. The molecule has 0 radical (unpaired) electrons. The molecule has 0 saturated heterocycles. The lowest BCUT2D eigenvalue weighted by Gasteiger charge is -2.22. The van der Waals surface area contributed by atoms with E-state index < -0.39 is 0 Å². The topological polar surface area (TPSA) is 46.5 Å². The first-order chi connectivity index (χ1) is 28.3. The van der Waals surface area contributed by atoms with Crippen molar-refractivity contribution in [1.29, 1.82) is 5.26 Å². The minimum Gasteiger partial charge on any atom is -0.309 e. The quantitative estimate of drug-likeness (QED) is 0.181. The summed E-state index contributed by atoms with van der Waals surface area (Å²) in [6, 6.07) is 57.2. The van der Waals surface area contributed by atoms with Gasteiger partial charge < -0.3 is 9.13 Å². The van der Waals surface area contributed by atoms with E-state index in [1.807, 2.05) is 18.3 Å². The minimum atomic E-state index is -0.176. The van der Waals surface area contributed by atoms with Crippen LogP contribution in [0.5, 0.6) is 0 Å². The first-order valence-corrected chi connectivity index (χ1v) is 20.1. The Balaban J connectivity index is 1.10. The highest BCUT2D eigenvalue weighted by molar-refractivity contribution is 6.16. The van der Waals surface area contributed by atoms with Crippen LogP contribution in [0.25, 0.3) is 88.5 Å². The van der Waals surface area contributed by atoms with Gasteiger partial charge in [0.1, 0.15) is 0 Å². The Kier molecular flexibility index (Phi) is 6.50. The maximum Gasteiger partial charge on any atom is 0.0991 e. The van der Waals surface area contributed by atoms with Crippen molar-refractivity contribution in [1.82, 2.24) is 14.1 Å². The molecule has 3 aromatic heterocycles. The molecule has 4 nitrogen and oxygen atoms in total. The fourth-order valence-corrected chi connectivity index (χ4v) is 10.9. The summed E-state index contributed by atoms with van der Waals surface area (Å²) in [5.74, 6) is 0. The third kappa shape index (κ3) is 4.15. The van der Waals surface area contributed by atoms with Crippen LogP contribution in [-0.2, 0) is 10.8 Å². The number of hydrogen-bond donors (Lipinski definition) is 0. The van der Waals surface area contributed by atoms with Gasteiger partial charge in [-0.2, -0.15) is 5.26 Å². The summed E-state index contributed by atoms with van der Waals surface area (Å²) in [5, 5.41) is 15.3. The van der Waals surface area contributed by atoms with Gasteiger partial charge >= 0.3 is 0 Å². The van der Waals surface area contributed by atoms with Crippen molar-refractivity contribution < 1.29 is 0 Å². The molecule has 0 saturated carbocycles. The van der Waals surface area contributed by atoms with E-state index in [4.69, 9.17) is 4.98 Å². The van der Waals surface area contributed by atoms with E-state index in [-0.39, 0.29) is 10.8 Å². The van der Waals surface area contributed by atoms with Crippen molar-refractivity contribution in [2.45, 2.75) is 38.5 Å². The fourth-order valence-electron chi connectivity index (χ4n) is 10.9. The third-order valence-corrected chi connectivity index (χ3v) is 13.4. The molecule has 0 aliphatic heterocycles. The lowest BCUT2D eigenvalue weighted by atomic mass is 9.80. The van der Waals surface area contributed by atoms with Crippen molar-refractivity contribution in [2.75, 3.05) is 0 Å². The van der Waals surface area contributed by atoms with Gasteiger partial charge in [-0.15, -0.1) is 0 Å². The maximum absolute atomic E-state index is 10.3. The van der Waals surface area contributed by atoms with Gasteiger partial charge in [-0.25, -0.2) is 0 Å². The zero-order valence-corrected chi connectivity index (χ0v) is 32.8. The summed E-state index contributed by atoms with van der Waals surface area (Å²) < 4.78 is 4.78. The van der Waals surface area contributed by atoms with E-state index in [0.29, 0.717) is 5.56 Å². The molecule has 10 aromatic rings. The van der Waals surface area contributed by atoms with Crippen molar-refractivity contribution in [2.24, 2.45) is 0 Å². The summed E-state index contributed by atoms with van der Waals surface area (Å²) in [7, 11) is 0. The smallest absolute Gasteiger partial charge is 0.0991 e. The summed E-state index contributed by atoms with van der Waals surface area (Å²) in [6.45, 7) is 9.43. The predicted octanol–water partition coefficient (Wildman–Crippen LogP) is 13.4. The standard InChI is InChI=1S/C54H38N4/c1-53(2)41-17-9-5-13-34(41)36-22-25-47-49(51(36)53)38-15-7-11-19-44(38)57(47)33-27-28-56-43(30-33)40-29-32(31-55)21-24-46(40)58-45-20-12-8-16-39(45)50-48(58)26-23-37-35-14-6-10-18-42(35)54(3,4)52(37)50/h5-30H,1-4H3. The van der Waals surface area contributed by atoms with Gasteiger partial charge in [0.15, 0.2) is 0 Å². The molecule has 7 aromatic carbocycles. The second-order valence-corrected chi connectivity index (χ2v) is 17.1. The van der Waals surface area contributed by atoms with Gasteiger partial charge in [-0.3, -0.25) is 4.98 Å². The second-order valence-electron chi connectivity index (χ2n) is 17.1. The van der Waals surface area contributed by atoms with E-state index in [9.17, 15) is 5.26 Å². The molecule has 0 amide bonds. The molecular weight excluding hydrogens is 705 g/mol. The molecule has 0 bridgehead atoms. The van der Waals surface area contributed by atoms with Gasteiger partial charge in [-0.1, -0.05) is 125 Å². The van der Waals surface area contributed by atoms with E-state index >= 15 is 0 Å². The molecule has 0 N–H and O–H groups in total. The number of benzene rings is 7. The Morgan fingerprint density at radius 1 is 0.483 bits per heavy atom. The number of nitriles is 1. The van der Waals surface area contributed by atoms with Crippen molar-refractivity contribution >= 4 is 43.6 Å². The van der Waals surface area contributed by atoms with Crippen LogP contribution in [-0.4, -0.2) is 14.1 Å². The molecule has 0 spiro atoms. The number of hydrogen-bond acceptors (Lipinski definition) is 2. The number of aromatic nitrogens is 3. The van der Waals surface area contributed by atoms with E-state index in [2.05, 4.69) is 182 Å². The molecule has 274 valence electrons. The first kappa shape index (κ1) is 33.0. The molecule has 2 aliphatic rings. The van der Waals surface area contributed by atoms with E-state index in [0.717, 1.165) is 39.2 Å². The molecule has 12 rings (SSSR count). The summed E-state index contributed by atoms with van der Waals surface area (Å²) in [5.41, 5.74) is 19.3. The minimum absolute atomic E-state index is 0.156. The summed E-state index contributed by atoms with van der Waals surface area (Å²) in [6.07, 6.45) is 1.92. The number of pyridine rings is 1. The van der Waals surface area contributed by atoms with Gasteiger partial charge in [0.25, 0.3) is 0 Å². The van der Waals surface area contributed by atoms with Crippen LogP contribution in [0.4, 0.5) is 0 Å². The Morgan fingerprint density at radius 2 is 1.02 bits per heavy atom. The van der Waals surface area contributed by atoms with Crippen LogP contribution in [0.15, 0.2) is 158 Å². The molecule has 0 unspecified atom stereocenters. The average molecular weight is 743 g/mol. The number of fused-ring (bicyclic) bond motifs is 14. The highest BCUT2D eigenvalue weighted by Crippen LogP contribution is 2.55. The zero-order valence-electron chi connectivity index (χ0n) is 32.8. The third-order valence-electron chi connectivity index (χ3n) is 13.4. The van der Waals surface area contributed by atoms with Crippen LogP contribution in [0, 0.1) is 11.3 Å². The van der Waals surface area contributed by atoms with Gasteiger partial charge in [0.2, 0.25) is 0 Å². The Labute approximate surface area is 336 Å². The number of para-hydroxylation sites is 2. The van der Waals surface area contributed by atoms with Gasteiger partial charge in [0.05, 0.1) is 45.1 Å². The molecule has 3 heterocycles. The van der Waals surface area contributed by atoms with Crippen LogP contribution >= 0.6 is 0 Å². The molecule has 0 atom stereocenters. The lowest BCUT2D eigenvalue weighted by molar-refractivity contribution is 0.666. The molecular formula is C54H38N4. The van der Waals surface area contributed by atoms with E-state index in [1.165, 1.54) is 71.6 Å². The summed E-state index contributed by atoms with van der Waals surface area (Å²) >= 11 is 0. The van der Waals surface area contributed by atoms with Gasteiger partial charge in [-0.05, 0) is 99.1 Å². The Morgan fingerprint density at radius 3 is 1.62 bits per heavy atom. The Bertz CT molecular complexity index is 3470. The van der Waals surface area contributed by atoms with Crippen molar-refractivity contribution in [3.8, 4) is 51.0 Å². The summed E-state index contributed by atoms with van der Waals surface area (Å²) in [4.78, 5) is 5.07. The lowest BCUT2D eigenvalue weighted by Crippen LogP contribution is -2.15. The molecule has 58 heavy (non-hydrogen) atoms. The monoisotopic (exact) mass is 742 g/mol. The SMILES string of the molecule is CC1(C)c2ccccc2-c2ccc3c(c21)c1ccccc1n3-c1ccnc(-c2cc(C#N)ccc2-n2c3ccccc3c3c4c(ccc32)-c2ccccc2C4(C)C)c1. The van der Waals surface area contributed by atoms with Crippen LogP contribution in [0.2, 0.25) is 0 Å². The van der Waals surface area contributed by atoms with E-state index in [1.54, 1.807) is 0 Å². The van der Waals surface area contributed by atoms with Crippen LogP contribution in [0.1, 0.15) is 55.5 Å². The fraction of sp³-hybridized carbons (Fsp3) is 0.111. The molecule has 4 heteroatoms. The number of rotatable bonds is 3.